The van der Waals surface area contributed by atoms with Crippen LogP contribution in [0.1, 0.15) is 5.56 Å². The number of nitrogen functional groups attached to an aromatic ring is 1. The smallest absolute Gasteiger partial charge is 0.186 e. The Bertz CT molecular complexity index is 758. The lowest BCUT2D eigenvalue weighted by Crippen LogP contribution is -2.09. The van der Waals surface area contributed by atoms with E-state index in [-0.39, 0.29) is 21.4 Å². The van der Waals surface area contributed by atoms with Gasteiger partial charge in [0.2, 0.25) is 0 Å². The zero-order valence-electron chi connectivity index (χ0n) is 11.1. The molecule has 0 atom stereocenters. The first kappa shape index (κ1) is 16.1. The Kier molecular flexibility index (Phi) is 4.81. The van der Waals surface area contributed by atoms with Crippen molar-refractivity contribution >= 4 is 43.1 Å². The molecule has 0 aliphatic rings. The van der Waals surface area contributed by atoms with Crippen molar-refractivity contribution in [2.75, 3.05) is 12.8 Å². The molecule has 0 saturated carbocycles. The average Bonchev–Trinajstić information content (AvgIpc) is 2.37. The number of hydrogen-bond donors (Lipinski definition) is 1. The van der Waals surface area contributed by atoms with Gasteiger partial charge in [0.15, 0.2) is 9.84 Å². The lowest BCUT2D eigenvalue weighted by Gasteiger charge is -2.12. The molecule has 21 heavy (non-hydrogen) atoms. The standard InChI is InChI=1S/C14H13BrClNO3S/c1-20-13-6-5-10(15)7-9(13)8-21(18,19)14-11(16)3-2-4-12(14)17/h2-7H,8,17H2,1H3. The highest BCUT2D eigenvalue weighted by Crippen LogP contribution is 2.32. The molecule has 0 aliphatic carbocycles. The number of sulfone groups is 1. The van der Waals surface area contributed by atoms with Gasteiger partial charge in [0.05, 0.1) is 23.6 Å². The van der Waals surface area contributed by atoms with Crippen LogP contribution in [0.2, 0.25) is 5.02 Å². The predicted octanol–water partition coefficient (Wildman–Crippen LogP) is 3.67. The summed E-state index contributed by atoms with van der Waals surface area (Å²) in [5.74, 6) is 0.246. The molecular weight excluding hydrogens is 378 g/mol. The van der Waals surface area contributed by atoms with E-state index in [1.807, 2.05) is 0 Å². The van der Waals surface area contributed by atoms with Crippen molar-refractivity contribution in [1.82, 2.24) is 0 Å². The zero-order chi connectivity index (χ0) is 15.6. The first-order valence-electron chi connectivity index (χ1n) is 5.94. The fourth-order valence-corrected chi connectivity index (χ4v) is 4.51. The second-order valence-corrected chi connectivity index (χ2v) is 7.62. The van der Waals surface area contributed by atoms with Gasteiger partial charge in [0.25, 0.3) is 0 Å². The molecule has 0 unspecified atom stereocenters. The van der Waals surface area contributed by atoms with Gasteiger partial charge in [0.1, 0.15) is 10.6 Å². The van der Waals surface area contributed by atoms with Crippen LogP contribution in [0.15, 0.2) is 45.8 Å². The number of ether oxygens (including phenoxy) is 1. The van der Waals surface area contributed by atoms with Crippen LogP contribution in [-0.4, -0.2) is 15.5 Å². The van der Waals surface area contributed by atoms with Gasteiger partial charge >= 0.3 is 0 Å². The number of benzene rings is 2. The van der Waals surface area contributed by atoms with Gasteiger partial charge in [-0.15, -0.1) is 0 Å². The molecule has 7 heteroatoms. The summed E-state index contributed by atoms with van der Waals surface area (Å²) >= 11 is 9.30. The van der Waals surface area contributed by atoms with Crippen LogP contribution >= 0.6 is 27.5 Å². The van der Waals surface area contributed by atoms with Gasteiger partial charge in [-0.1, -0.05) is 33.6 Å². The minimum absolute atomic E-state index is 0.0475. The van der Waals surface area contributed by atoms with Crippen LogP contribution < -0.4 is 10.5 Å². The highest BCUT2D eigenvalue weighted by molar-refractivity contribution is 9.10. The van der Waals surface area contributed by atoms with E-state index < -0.39 is 9.84 Å². The fraction of sp³-hybridized carbons (Fsp3) is 0.143. The van der Waals surface area contributed by atoms with Crippen LogP contribution in [0.25, 0.3) is 0 Å². The zero-order valence-corrected chi connectivity index (χ0v) is 14.3. The van der Waals surface area contributed by atoms with E-state index in [0.29, 0.717) is 11.3 Å². The van der Waals surface area contributed by atoms with Gasteiger partial charge < -0.3 is 10.5 Å². The summed E-state index contributed by atoms with van der Waals surface area (Å²) in [6.45, 7) is 0. The highest BCUT2D eigenvalue weighted by atomic mass is 79.9. The Morgan fingerprint density at radius 1 is 1.29 bits per heavy atom. The summed E-state index contributed by atoms with van der Waals surface area (Å²) < 4.78 is 31.1. The molecule has 112 valence electrons. The van der Waals surface area contributed by atoms with Gasteiger partial charge in [-0.25, -0.2) is 8.42 Å². The van der Waals surface area contributed by atoms with Gasteiger partial charge in [0, 0.05) is 10.0 Å². The molecular formula is C14H13BrClNO3S. The van der Waals surface area contributed by atoms with Crippen molar-refractivity contribution in [2.24, 2.45) is 0 Å². The van der Waals surface area contributed by atoms with Gasteiger partial charge in [-0.3, -0.25) is 0 Å². The maximum Gasteiger partial charge on any atom is 0.186 e. The predicted molar refractivity (Wildman–Crippen MR) is 87.4 cm³/mol. The number of halogens is 2. The van der Waals surface area contributed by atoms with Gasteiger partial charge in [-0.2, -0.15) is 0 Å². The molecule has 2 aromatic rings. The van der Waals surface area contributed by atoms with Crippen LogP contribution in [0.5, 0.6) is 5.75 Å². The van der Waals surface area contributed by atoms with E-state index in [0.717, 1.165) is 4.47 Å². The van der Waals surface area contributed by atoms with Crippen molar-refractivity contribution in [2.45, 2.75) is 10.6 Å². The molecule has 4 nitrogen and oxygen atoms in total. The molecule has 0 heterocycles. The summed E-state index contributed by atoms with van der Waals surface area (Å²) in [7, 11) is -2.19. The number of methoxy groups -OCH3 is 1. The number of rotatable bonds is 4. The minimum atomic E-state index is -3.68. The Labute approximate surface area is 136 Å². The van der Waals surface area contributed by atoms with E-state index in [9.17, 15) is 8.42 Å². The van der Waals surface area contributed by atoms with Crippen molar-refractivity contribution < 1.29 is 13.2 Å². The van der Waals surface area contributed by atoms with Crippen LogP contribution in [0.3, 0.4) is 0 Å². The van der Waals surface area contributed by atoms with Crippen molar-refractivity contribution in [3.63, 3.8) is 0 Å². The molecule has 0 aliphatic heterocycles. The van der Waals surface area contributed by atoms with E-state index in [1.54, 1.807) is 24.3 Å². The molecule has 0 radical (unpaired) electrons. The topological polar surface area (TPSA) is 69.4 Å². The third kappa shape index (κ3) is 3.51. The minimum Gasteiger partial charge on any atom is -0.496 e. The molecule has 0 saturated heterocycles. The lowest BCUT2D eigenvalue weighted by molar-refractivity contribution is 0.411. The quantitative estimate of drug-likeness (QED) is 0.809. The van der Waals surface area contributed by atoms with Crippen LogP contribution in [0.4, 0.5) is 5.69 Å². The van der Waals surface area contributed by atoms with E-state index in [1.165, 1.54) is 19.2 Å². The third-order valence-corrected chi connectivity index (χ3v) is 5.59. The van der Waals surface area contributed by atoms with Crippen LogP contribution in [0, 0.1) is 0 Å². The maximum atomic E-state index is 12.6. The Balaban J connectivity index is 2.50. The largest absolute Gasteiger partial charge is 0.496 e. The maximum absolute atomic E-state index is 12.6. The average molecular weight is 391 g/mol. The monoisotopic (exact) mass is 389 g/mol. The number of anilines is 1. The van der Waals surface area contributed by atoms with Crippen LogP contribution in [-0.2, 0) is 15.6 Å². The molecule has 0 amide bonds. The van der Waals surface area contributed by atoms with Crippen molar-refractivity contribution in [1.29, 1.82) is 0 Å². The van der Waals surface area contributed by atoms with E-state index >= 15 is 0 Å². The molecule has 2 rings (SSSR count). The third-order valence-electron chi connectivity index (χ3n) is 2.90. The number of hydrogen-bond acceptors (Lipinski definition) is 4. The van der Waals surface area contributed by atoms with Crippen molar-refractivity contribution in [3.8, 4) is 5.75 Å². The Hall–Kier alpha value is -1.24. The summed E-state index contributed by atoms with van der Waals surface area (Å²) in [6, 6.07) is 9.79. The molecule has 0 spiro atoms. The first-order chi connectivity index (χ1) is 9.85. The summed E-state index contributed by atoms with van der Waals surface area (Å²) in [5, 5.41) is 0.115. The number of nitrogens with two attached hydrogens (primary N) is 1. The van der Waals surface area contributed by atoms with Gasteiger partial charge in [-0.05, 0) is 30.3 Å². The van der Waals surface area contributed by atoms with Crippen molar-refractivity contribution in [3.05, 3.63) is 51.5 Å². The molecule has 0 fully saturated rings. The second kappa shape index (κ2) is 6.25. The molecule has 0 aromatic heterocycles. The SMILES string of the molecule is COc1ccc(Br)cc1CS(=O)(=O)c1c(N)cccc1Cl. The van der Waals surface area contributed by atoms with E-state index in [2.05, 4.69) is 15.9 Å². The first-order valence-corrected chi connectivity index (χ1v) is 8.76. The normalized spacial score (nSPS) is 11.4. The summed E-state index contributed by atoms with van der Waals surface area (Å²) in [6.07, 6.45) is 0. The lowest BCUT2D eigenvalue weighted by atomic mass is 10.2. The van der Waals surface area contributed by atoms with E-state index in [4.69, 9.17) is 22.1 Å². The summed E-state index contributed by atoms with van der Waals surface area (Å²) in [4.78, 5) is -0.0475. The fourth-order valence-electron chi connectivity index (χ4n) is 1.99. The molecule has 2 N–H and O–H groups in total. The Morgan fingerprint density at radius 2 is 2.00 bits per heavy atom. The molecule has 0 bridgehead atoms. The highest BCUT2D eigenvalue weighted by Gasteiger charge is 2.23. The second-order valence-electron chi connectivity index (χ2n) is 4.37. The Morgan fingerprint density at radius 3 is 2.62 bits per heavy atom. The summed E-state index contributed by atoms with van der Waals surface area (Å²) in [5.41, 5.74) is 6.43. The molecule has 2 aromatic carbocycles.